The Morgan fingerprint density at radius 2 is 1.68 bits per heavy atom. The topological polar surface area (TPSA) is 58.6 Å². The van der Waals surface area contributed by atoms with Gasteiger partial charge in [0, 0.05) is 6.92 Å². The Balaban J connectivity index is 2.26. The van der Waals surface area contributed by atoms with E-state index in [4.69, 9.17) is 4.74 Å². The van der Waals surface area contributed by atoms with Gasteiger partial charge in [0.2, 0.25) is 11.8 Å². The number of hydrogen-bond donors (Lipinski definition) is 1. The van der Waals surface area contributed by atoms with Gasteiger partial charge in [-0.25, -0.2) is 0 Å². The second-order valence-electron chi connectivity index (χ2n) is 6.33. The van der Waals surface area contributed by atoms with Gasteiger partial charge in [-0.3, -0.25) is 9.59 Å². The molecular weight excluding hydrogens is 373 g/mol. The maximum absolute atomic E-state index is 13.3. The van der Waals surface area contributed by atoms with E-state index < -0.39 is 30.1 Å². The minimum atomic E-state index is -4.65. The van der Waals surface area contributed by atoms with Crippen LogP contribution in [0, 0.1) is 0 Å². The molecule has 0 aromatic heterocycles. The van der Waals surface area contributed by atoms with Gasteiger partial charge in [-0.2, -0.15) is 13.2 Å². The summed E-state index contributed by atoms with van der Waals surface area (Å²) in [7, 11) is 0. The Hall–Kier alpha value is -3.03. The van der Waals surface area contributed by atoms with Crippen molar-refractivity contribution in [3.05, 3.63) is 54.1 Å². The Morgan fingerprint density at radius 1 is 1.07 bits per heavy atom. The molecule has 0 radical (unpaired) electrons. The van der Waals surface area contributed by atoms with Crippen LogP contribution in [0.3, 0.4) is 0 Å². The van der Waals surface area contributed by atoms with Crippen LogP contribution in [0.5, 0.6) is 5.75 Å². The fraction of sp³-hybridized carbons (Fsp3) is 0.300. The molecule has 28 heavy (non-hydrogen) atoms. The monoisotopic (exact) mass is 394 g/mol. The lowest BCUT2D eigenvalue weighted by molar-refractivity contribution is -0.137. The highest BCUT2D eigenvalue weighted by Gasteiger charge is 2.35. The Kier molecular flexibility index (Phi) is 6.66. The van der Waals surface area contributed by atoms with Crippen LogP contribution in [0.15, 0.2) is 48.5 Å². The number of alkyl halides is 3. The van der Waals surface area contributed by atoms with Crippen LogP contribution in [0.2, 0.25) is 0 Å². The number of hydrogen-bond acceptors (Lipinski definition) is 3. The Morgan fingerprint density at radius 3 is 2.29 bits per heavy atom. The summed E-state index contributed by atoms with van der Waals surface area (Å²) in [5.41, 5.74) is -0.986. The molecule has 0 saturated heterocycles. The fourth-order valence-corrected chi connectivity index (χ4v) is 2.57. The van der Waals surface area contributed by atoms with Gasteiger partial charge in [-0.1, -0.05) is 24.3 Å². The van der Waals surface area contributed by atoms with Crippen LogP contribution in [-0.2, 0) is 15.8 Å². The second-order valence-corrected chi connectivity index (χ2v) is 6.33. The summed E-state index contributed by atoms with van der Waals surface area (Å²) in [6.07, 6.45) is -4.79. The molecule has 5 nitrogen and oxygen atoms in total. The van der Waals surface area contributed by atoms with E-state index in [9.17, 15) is 22.8 Å². The van der Waals surface area contributed by atoms with Crippen molar-refractivity contribution < 1.29 is 27.5 Å². The molecule has 2 amide bonds. The van der Waals surface area contributed by atoms with E-state index >= 15 is 0 Å². The van der Waals surface area contributed by atoms with Gasteiger partial charge < -0.3 is 15.0 Å². The van der Waals surface area contributed by atoms with Crippen molar-refractivity contribution >= 4 is 23.2 Å². The number of rotatable bonds is 6. The van der Waals surface area contributed by atoms with Crippen LogP contribution in [0.25, 0.3) is 0 Å². The highest BCUT2D eigenvalue weighted by molar-refractivity contribution is 6.02. The fourth-order valence-electron chi connectivity index (χ4n) is 2.57. The summed E-state index contributed by atoms with van der Waals surface area (Å²) in [6.45, 7) is 4.18. The third kappa shape index (κ3) is 5.48. The predicted octanol–water partition coefficient (Wildman–Crippen LogP) is 4.48. The van der Waals surface area contributed by atoms with Crippen molar-refractivity contribution in [2.45, 2.75) is 33.1 Å². The number of para-hydroxylation sites is 3. The molecule has 150 valence electrons. The van der Waals surface area contributed by atoms with Crippen molar-refractivity contribution in [3.8, 4) is 5.75 Å². The van der Waals surface area contributed by atoms with E-state index in [-0.39, 0.29) is 11.8 Å². The first kappa shape index (κ1) is 21.3. The average molecular weight is 394 g/mol. The summed E-state index contributed by atoms with van der Waals surface area (Å²) in [6, 6.07) is 11.3. The first-order chi connectivity index (χ1) is 13.1. The van der Waals surface area contributed by atoms with Crippen LogP contribution in [-0.4, -0.2) is 24.5 Å². The molecule has 0 fully saturated rings. The SMILES string of the molecule is CC(=O)N(CC(=O)Nc1ccccc1OC(C)C)c1ccccc1C(F)(F)F. The number of nitrogens with zero attached hydrogens (tertiary/aromatic N) is 1. The lowest BCUT2D eigenvalue weighted by atomic mass is 10.1. The van der Waals surface area contributed by atoms with E-state index in [0.29, 0.717) is 11.4 Å². The van der Waals surface area contributed by atoms with Crippen molar-refractivity contribution in [2.24, 2.45) is 0 Å². The van der Waals surface area contributed by atoms with Gasteiger partial charge in [-0.15, -0.1) is 0 Å². The lowest BCUT2D eigenvalue weighted by Crippen LogP contribution is -2.38. The highest BCUT2D eigenvalue weighted by atomic mass is 19.4. The first-order valence-electron chi connectivity index (χ1n) is 8.59. The number of halogens is 3. The number of amides is 2. The van der Waals surface area contributed by atoms with Gasteiger partial charge in [0.15, 0.2) is 0 Å². The highest BCUT2D eigenvalue weighted by Crippen LogP contribution is 2.36. The summed E-state index contributed by atoms with van der Waals surface area (Å²) < 4.78 is 45.4. The van der Waals surface area contributed by atoms with Gasteiger partial charge in [0.1, 0.15) is 12.3 Å². The molecule has 0 atom stereocenters. The molecule has 8 heteroatoms. The van der Waals surface area contributed by atoms with Gasteiger partial charge >= 0.3 is 6.18 Å². The smallest absolute Gasteiger partial charge is 0.418 e. The largest absolute Gasteiger partial charge is 0.489 e. The summed E-state index contributed by atoms with van der Waals surface area (Å²) in [5, 5.41) is 2.59. The number of ether oxygens (including phenoxy) is 1. The zero-order chi connectivity index (χ0) is 20.9. The second kappa shape index (κ2) is 8.77. The normalized spacial score (nSPS) is 11.2. The molecular formula is C20H21F3N2O3. The van der Waals surface area contributed by atoms with Crippen molar-refractivity contribution in [3.63, 3.8) is 0 Å². The standard InChI is InChI=1S/C20H21F3N2O3/c1-13(2)28-18-11-7-5-9-16(18)24-19(27)12-25(14(3)26)17-10-6-4-8-15(17)20(21,22)23/h4-11,13H,12H2,1-3H3,(H,24,27). The van der Waals surface area contributed by atoms with Crippen LogP contribution in [0.1, 0.15) is 26.3 Å². The summed E-state index contributed by atoms with van der Waals surface area (Å²) in [5.74, 6) is -0.901. The third-order valence-corrected chi connectivity index (χ3v) is 3.71. The van der Waals surface area contributed by atoms with Crippen LogP contribution in [0.4, 0.5) is 24.5 Å². The van der Waals surface area contributed by atoms with E-state index in [1.807, 2.05) is 13.8 Å². The lowest BCUT2D eigenvalue weighted by Gasteiger charge is -2.24. The molecule has 0 aliphatic rings. The molecule has 0 saturated carbocycles. The average Bonchev–Trinajstić information content (AvgIpc) is 2.60. The van der Waals surface area contributed by atoms with Gasteiger partial charge in [0.25, 0.3) is 0 Å². The maximum Gasteiger partial charge on any atom is 0.418 e. The van der Waals surface area contributed by atoms with E-state index in [1.54, 1.807) is 24.3 Å². The predicted molar refractivity (Wildman–Crippen MR) is 100 cm³/mol. The molecule has 0 aliphatic heterocycles. The van der Waals surface area contributed by atoms with E-state index in [1.165, 1.54) is 12.1 Å². The Labute approximate surface area is 161 Å². The Bertz CT molecular complexity index is 851. The number of nitrogens with one attached hydrogen (secondary N) is 1. The van der Waals surface area contributed by atoms with Crippen molar-refractivity contribution in [1.82, 2.24) is 0 Å². The van der Waals surface area contributed by atoms with Crippen molar-refractivity contribution in [2.75, 3.05) is 16.8 Å². The van der Waals surface area contributed by atoms with E-state index in [0.717, 1.165) is 24.0 Å². The number of carbonyl (C=O) groups excluding carboxylic acids is 2. The van der Waals surface area contributed by atoms with E-state index in [2.05, 4.69) is 5.32 Å². The molecule has 0 spiro atoms. The zero-order valence-electron chi connectivity index (χ0n) is 15.7. The molecule has 2 aromatic carbocycles. The maximum atomic E-state index is 13.3. The minimum absolute atomic E-state index is 0.134. The molecule has 2 aromatic rings. The molecule has 1 N–H and O–H groups in total. The third-order valence-electron chi connectivity index (χ3n) is 3.71. The minimum Gasteiger partial charge on any atom is -0.489 e. The number of anilines is 2. The molecule has 0 unspecified atom stereocenters. The quantitative estimate of drug-likeness (QED) is 0.786. The molecule has 0 bridgehead atoms. The summed E-state index contributed by atoms with van der Waals surface area (Å²) in [4.78, 5) is 25.2. The van der Waals surface area contributed by atoms with Gasteiger partial charge in [0.05, 0.1) is 23.0 Å². The number of carbonyl (C=O) groups is 2. The molecule has 0 heterocycles. The molecule has 0 aliphatic carbocycles. The molecule has 2 rings (SSSR count). The van der Waals surface area contributed by atoms with Crippen LogP contribution < -0.4 is 15.0 Å². The number of benzene rings is 2. The summed E-state index contributed by atoms with van der Waals surface area (Å²) >= 11 is 0. The zero-order valence-corrected chi connectivity index (χ0v) is 15.7. The van der Waals surface area contributed by atoms with Crippen molar-refractivity contribution in [1.29, 1.82) is 0 Å². The van der Waals surface area contributed by atoms with Gasteiger partial charge in [-0.05, 0) is 38.1 Å². The first-order valence-corrected chi connectivity index (χ1v) is 8.59. The van der Waals surface area contributed by atoms with Crippen LogP contribution >= 0.6 is 0 Å².